The standard InChI is InChI=1S/C26H30ClN3O4/c1-26(2,3)17-29(14-18-9-10-21-22(13-18)34-12-11-33-21)15-20-24(27)28-25(30(20)16-23(31)32)19-7-5-4-6-8-19/h4-10,13H,11-12,14-17H2,1-3H3,(H,31,32). The van der Waals surface area contributed by atoms with E-state index >= 15 is 0 Å². The molecule has 0 bridgehead atoms. The van der Waals surface area contributed by atoms with Crippen LogP contribution in [0, 0.1) is 5.41 Å². The van der Waals surface area contributed by atoms with Gasteiger partial charge in [0.1, 0.15) is 25.6 Å². The van der Waals surface area contributed by atoms with Crippen molar-refractivity contribution in [2.45, 2.75) is 40.4 Å². The van der Waals surface area contributed by atoms with E-state index < -0.39 is 5.97 Å². The summed E-state index contributed by atoms with van der Waals surface area (Å²) in [5.74, 6) is 1.12. The van der Waals surface area contributed by atoms with Crippen LogP contribution in [0.3, 0.4) is 0 Å². The first kappa shape index (κ1) is 24.1. The molecule has 1 N–H and O–H groups in total. The molecule has 0 aliphatic carbocycles. The van der Waals surface area contributed by atoms with Crippen molar-refractivity contribution in [3.05, 3.63) is 64.9 Å². The number of carbonyl (C=O) groups is 1. The number of carboxylic acids is 1. The van der Waals surface area contributed by atoms with Crippen LogP contribution in [-0.4, -0.2) is 45.3 Å². The molecular formula is C26H30ClN3O4. The Morgan fingerprint density at radius 2 is 1.79 bits per heavy atom. The molecule has 0 unspecified atom stereocenters. The fourth-order valence-corrected chi connectivity index (χ4v) is 4.46. The third-order valence-corrected chi connectivity index (χ3v) is 5.74. The molecular weight excluding hydrogens is 454 g/mol. The van der Waals surface area contributed by atoms with Crippen LogP contribution in [0.25, 0.3) is 11.4 Å². The number of ether oxygens (including phenoxy) is 2. The molecule has 34 heavy (non-hydrogen) atoms. The molecule has 1 aromatic heterocycles. The average Bonchev–Trinajstić information content (AvgIpc) is 3.07. The number of hydrogen-bond acceptors (Lipinski definition) is 5. The van der Waals surface area contributed by atoms with Crippen LogP contribution in [0.4, 0.5) is 0 Å². The molecule has 4 rings (SSSR count). The lowest BCUT2D eigenvalue weighted by Gasteiger charge is -2.30. The van der Waals surface area contributed by atoms with E-state index in [-0.39, 0.29) is 12.0 Å². The third-order valence-electron chi connectivity index (χ3n) is 5.43. The maximum Gasteiger partial charge on any atom is 0.323 e. The summed E-state index contributed by atoms with van der Waals surface area (Å²) in [7, 11) is 0. The van der Waals surface area contributed by atoms with Crippen LogP contribution in [-0.2, 0) is 24.4 Å². The number of hydrogen-bond donors (Lipinski definition) is 1. The van der Waals surface area contributed by atoms with Gasteiger partial charge in [-0.05, 0) is 23.1 Å². The van der Waals surface area contributed by atoms with E-state index in [1.54, 1.807) is 4.57 Å². The maximum atomic E-state index is 11.7. The molecule has 3 aromatic rings. The summed E-state index contributed by atoms with van der Waals surface area (Å²) < 4.78 is 13.1. The Kier molecular flexibility index (Phi) is 7.14. The summed E-state index contributed by atoms with van der Waals surface area (Å²) in [5, 5.41) is 9.93. The second kappa shape index (κ2) is 10.1. The van der Waals surface area contributed by atoms with Gasteiger partial charge in [-0.3, -0.25) is 9.69 Å². The maximum absolute atomic E-state index is 11.7. The van der Waals surface area contributed by atoms with Crippen LogP contribution in [0.2, 0.25) is 5.15 Å². The van der Waals surface area contributed by atoms with Crippen molar-refractivity contribution < 1.29 is 19.4 Å². The third kappa shape index (κ3) is 5.90. The molecule has 0 atom stereocenters. The molecule has 8 heteroatoms. The van der Waals surface area contributed by atoms with Crippen LogP contribution in [0.1, 0.15) is 32.0 Å². The zero-order valence-corrected chi connectivity index (χ0v) is 20.5. The Bertz CT molecular complexity index is 1150. The summed E-state index contributed by atoms with van der Waals surface area (Å²) in [4.78, 5) is 18.5. The molecule has 0 saturated carbocycles. The van der Waals surface area contributed by atoms with Gasteiger partial charge in [0.15, 0.2) is 16.7 Å². The smallest absolute Gasteiger partial charge is 0.323 e. The van der Waals surface area contributed by atoms with Gasteiger partial charge in [0.2, 0.25) is 0 Å². The highest BCUT2D eigenvalue weighted by atomic mass is 35.5. The van der Waals surface area contributed by atoms with Gasteiger partial charge >= 0.3 is 5.97 Å². The molecule has 0 saturated heterocycles. The Morgan fingerprint density at radius 3 is 2.47 bits per heavy atom. The van der Waals surface area contributed by atoms with E-state index in [1.807, 2.05) is 48.5 Å². The first-order valence-corrected chi connectivity index (χ1v) is 11.7. The van der Waals surface area contributed by atoms with E-state index in [0.717, 1.165) is 29.2 Å². The number of imidazole rings is 1. The van der Waals surface area contributed by atoms with Crippen LogP contribution in [0.5, 0.6) is 11.5 Å². The molecule has 0 spiro atoms. The van der Waals surface area contributed by atoms with E-state index in [0.29, 0.717) is 43.0 Å². The topological polar surface area (TPSA) is 76.8 Å². The molecule has 0 fully saturated rings. The summed E-state index contributed by atoms with van der Waals surface area (Å²) >= 11 is 6.61. The second-order valence-corrected chi connectivity index (χ2v) is 10.1. The Morgan fingerprint density at radius 1 is 1.09 bits per heavy atom. The van der Waals surface area contributed by atoms with E-state index in [9.17, 15) is 9.90 Å². The van der Waals surface area contributed by atoms with Gasteiger partial charge in [-0.15, -0.1) is 0 Å². The molecule has 0 amide bonds. The number of nitrogens with zero attached hydrogens (tertiary/aromatic N) is 3. The lowest BCUT2D eigenvalue weighted by atomic mass is 9.95. The minimum atomic E-state index is -0.943. The lowest BCUT2D eigenvalue weighted by molar-refractivity contribution is -0.137. The Balaban J connectivity index is 1.67. The first-order valence-electron chi connectivity index (χ1n) is 11.3. The minimum Gasteiger partial charge on any atom is -0.486 e. The van der Waals surface area contributed by atoms with Crippen molar-refractivity contribution in [1.82, 2.24) is 14.5 Å². The molecule has 7 nitrogen and oxygen atoms in total. The van der Waals surface area contributed by atoms with Gasteiger partial charge in [0.25, 0.3) is 0 Å². The van der Waals surface area contributed by atoms with E-state index in [1.165, 1.54) is 0 Å². The largest absolute Gasteiger partial charge is 0.486 e. The monoisotopic (exact) mass is 483 g/mol. The van der Waals surface area contributed by atoms with Crippen LogP contribution in [0.15, 0.2) is 48.5 Å². The second-order valence-electron chi connectivity index (χ2n) is 9.70. The predicted molar refractivity (Wildman–Crippen MR) is 131 cm³/mol. The van der Waals surface area contributed by atoms with E-state index in [2.05, 4.69) is 30.7 Å². The highest BCUT2D eigenvalue weighted by Gasteiger charge is 2.24. The molecule has 180 valence electrons. The number of halogens is 1. The summed E-state index contributed by atoms with van der Waals surface area (Å²) in [6.45, 7) is 9.27. The molecule has 1 aliphatic heterocycles. The predicted octanol–water partition coefficient (Wildman–Crippen LogP) is 5.11. The van der Waals surface area contributed by atoms with Crippen molar-refractivity contribution in [2.24, 2.45) is 5.41 Å². The number of rotatable bonds is 8. The van der Waals surface area contributed by atoms with Crippen molar-refractivity contribution >= 4 is 17.6 Å². The van der Waals surface area contributed by atoms with Crippen molar-refractivity contribution in [3.63, 3.8) is 0 Å². The molecule has 1 aliphatic rings. The van der Waals surface area contributed by atoms with Gasteiger partial charge in [-0.2, -0.15) is 0 Å². The summed E-state index contributed by atoms with van der Waals surface area (Å²) in [6, 6.07) is 15.5. The van der Waals surface area contributed by atoms with Gasteiger partial charge in [-0.25, -0.2) is 4.98 Å². The summed E-state index contributed by atoms with van der Waals surface area (Å²) in [6.07, 6.45) is 0. The summed E-state index contributed by atoms with van der Waals surface area (Å²) in [5.41, 5.74) is 2.60. The molecule has 0 radical (unpaired) electrons. The Hall–Kier alpha value is -3.03. The number of benzene rings is 2. The average molecular weight is 484 g/mol. The minimum absolute atomic E-state index is 0.0141. The number of carboxylic acid groups (broad SMARTS) is 1. The van der Waals surface area contributed by atoms with Crippen molar-refractivity contribution in [2.75, 3.05) is 19.8 Å². The number of aliphatic carboxylic acids is 1. The number of fused-ring (bicyclic) bond motifs is 1. The van der Waals surface area contributed by atoms with Crippen LogP contribution < -0.4 is 9.47 Å². The normalized spacial score (nSPS) is 13.3. The van der Waals surface area contributed by atoms with Gasteiger partial charge in [0.05, 0.1) is 5.69 Å². The fourth-order valence-electron chi connectivity index (χ4n) is 4.22. The zero-order valence-electron chi connectivity index (χ0n) is 19.8. The van der Waals surface area contributed by atoms with E-state index in [4.69, 9.17) is 21.1 Å². The first-order chi connectivity index (χ1) is 16.2. The SMILES string of the molecule is CC(C)(C)CN(Cc1ccc2c(c1)OCCO2)Cc1c(Cl)nc(-c2ccccc2)n1CC(=O)O. The van der Waals surface area contributed by atoms with Crippen molar-refractivity contribution in [3.8, 4) is 22.9 Å². The lowest BCUT2D eigenvalue weighted by Crippen LogP contribution is -2.33. The Labute approximate surface area is 204 Å². The molecule has 2 heterocycles. The van der Waals surface area contributed by atoms with Crippen LogP contribution >= 0.6 is 11.6 Å². The van der Waals surface area contributed by atoms with Gasteiger partial charge < -0.3 is 19.1 Å². The van der Waals surface area contributed by atoms with Gasteiger partial charge in [-0.1, -0.05) is 68.8 Å². The van der Waals surface area contributed by atoms with Crippen molar-refractivity contribution in [1.29, 1.82) is 0 Å². The molecule has 2 aromatic carbocycles. The highest BCUT2D eigenvalue weighted by molar-refractivity contribution is 6.30. The van der Waals surface area contributed by atoms with Gasteiger partial charge in [0, 0.05) is 25.2 Å². The fraction of sp³-hybridized carbons (Fsp3) is 0.385. The highest BCUT2D eigenvalue weighted by Crippen LogP contribution is 2.32. The number of aromatic nitrogens is 2. The zero-order chi connectivity index (χ0) is 24.3. The quantitative estimate of drug-likeness (QED) is 0.480.